The van der Waals surface area contributed by atoms with E-state index in [1.807, 2.05) is 21.1 Å². The maximum absolute atomic E-state index is 12.9. The predicted octanol–water partition coefficient (Wildman–Crippen LogP) is 25.4. The fourth-order valence-corrected chi connectivity index (χ4v) is 10.0. The van der Waals surface area contributed by atoms with Crippen molar-refractivity contribution in [3.8, 4) is 0 Å². The molecule has 0 heterocycles. The number of hydrogen-bond donors (Lipinski definition) is 0. The first kappa shape index (κ1) is 93.6. The van der Waals surface area contributed by atoms with Gasteiger partial charge in [-0.2, -0.15) is 0 Å². The molecular weight excluding hydrogens is 1250 g/mol. The number of nitrogens with zero attached hydrogens (tertiary/aromatic N) is 1. The number of unbranched alkanes of at least 4 members (excludes halogenated alkanes) is 11. The number of phosphoric ester groups is 1. The molecule has 0 amide bonds. The molecule has 0 saturated heterocycles. The molecule has 0 aromatic carbocycles. The van der Waals surface area contributed by atoms with Gasteiger partial charge in [-0.3, -0.25) is 14.2 Å². The van der Waals surface area contributed by atoms with Crippen molar-refractivity contribution in [2.24, 2.45) is 0 Å². The molecule has 0 radical (unpaired) electrons. The first-order valence-corrected chi connectivity index (χ1v) is 39.9. The zero-order valence-corrected chi connectivity index (χ0v) is 64.2. The highest BCUT2D eigenvalue weighted by molar-refractivity contribution is 7.45. The van der Waals surface area contributed by atoms with Crippen molar-refractivity contribution in [2.45, 2.75) is 251 Å². The fraction of sp³-hybridized carbons (Fsp3) is 0.511. The topological polar surface area (TPSA) is 111 Å². The van der Waals surface area contributed by atoms with Gasteiger partial charge in [0.1, 0.15) is 19.8 Å². The molecule has 2 unspecified atom stereocenters. The quantitative estimate of drug-likeness (QED) is 0.0195. The van der Waals surface area contributed by atoms with E-state index in [1.165, 1.54) is 0 Å². The maximum atomic E-state index is 12.9. The van der Waals surface area contributed by atoms with Gasteiger partial charge < -0.3 is 27.9 Å². The summed E-state index contributed by atoms with van der Waals surface area (Å²) in [6, 6.07) is 0. The Morgan fingerprint density at radius 3 is 0.800 bits per heavy atom. The van der Waals surface area contributed by atoms with Crippen molar-refractivity contribution in [3.63, 3.8) is 0 Å². The molecule has 0 saturated carbocycles. The zero-order valence-electron chi connectivity index (χ0n) is 63.3. The molecule has 2 atom stereocenters. The largest absolute Gasteiger partial charge is 0.756 e. The Labute approximate surface area is 612 Å². The lowest BCUT2D eigenvalue weighted by molar-refractivity contribution is -0.870. The molecule has 0 N–H and O–H groups in total. The van der Waals surface area contributed by atoms with Crippen LogP contribution in [0, 0.1) is 0 Å². The average Bonchev–Trinajstić information content (AvgIpc) is 1.07. The molecule has 0 aromatic rings. The van der Waals surface area contributed by atoms with E-state index in [2.05, 4.69) is 269 Å². The van der Waals surface area contributed by atoms with Crippen LogP contribution in [0.3, 0.4) is 0 Å². The lowest BCUT2D eigenvalue weighted by atomic mass is 10.1. The van der Waals surface area contributed by atoms with Crippen LogP contribution in [0.5, 0.6) is 0 Å². The standard InChI is InChI=1S/C90H138NO8P/c1-6-8-10-12-14-16-18-20-22-24-26-28-30-32-34-36-38-40-42-44-45-47-49-51-53-55-57-59-61-63-65-67-69-71-73-75-77-79-81-83-90(93)99-88(87-98-100(94,95)97-85-84-91(3,4)5)86-96-89(92)82-80-78-76-74-72-70-68-66-64-62-60-58-56-54-52-50-48-46-43-41-39-37-35-33-31-29-27-25-23-21-19-17-15-13-11-9-7-2/h8-11,14-17,20-23,26-29,32-35,38-41,44-46,48-49,51-52,54-55,57-58,60-61,63-64,66-67,69,88H,6-7,12-13,18-19,24-25,30-31,36-37,42-43,47,50,53,56,59,62,65,68,70-87H2,1-5H3/b10-8-,11-9-,16-14-,17-15-,22-20-,23-21-,28-26-,29-27-,34-32-,35-33-,40-38-,41-39-,45-44-,48-46-,51-49-,54-52-,57-55-,60-58-,63-61-,66-64-,69-67-. The number of allylic oxidation sites excluding steroid dienone is 42. The van der Waals surface area contributed by atoms with Crippen LogP contribution in [0.1, 0.15) is 245 Å². The number of likely N-dealkylation sites (N-methyl/N-ethyl adjacent to an activating group) is 1. The van der Waals surface area contributed by atoms with Gasteiger partial charge in [-0.1, -0.05) is 314 Å². The zero-order chi connectivity index (χ0) is 72.5. The molecule has 100 heavy (non-hydrogen) atoms. The SMILES string of the molecule is CC/C=C\C/C=C\C/C=C\C/C=C\C/C=C\C/C=C\C/C=C\C/C=C\C/C=C\C/C=C\C/C=C\CCCCCCCC(=O)OC(COC(=O)CCCCCCCC/C=C\C/C=C\C/C=C\C/C=C\C/C=C\C/C=C\C/C=C\C/C=C\C/C=C\C/C=C\CC)COP(=O)([O-])OCC[N+](C)(C)C. The van der Waals surface area contributed by atoms with Crippen molar-refractivity contribution in [1.82, 2.24) is 0 Å². The summed E-state index contributed by atoms with van der Waals surface area (Å²) in [5, 5.41) is 0. The summed E-state index contributed by atoms with van der Waals surface area (Å²) >= 11 is 0. The normalized spacial score (nSPS) is 14.5. The second kappa shape index (κ2) is 76.7. The van der Waals surface area contributed by atoms with Crippen LogP contribution >= 0.6 is 7.82 Å². The lowest BCUT2D eigenvalue weighted by Gasteiger charge is -2.28. The monoisotopic (exact) mass is 1390 g/mol. The maximum Gasteiger partial charge on any atom is 0.306 e. The number of ether oxygens (including phenoxy) is 2. The smallest absolute Gasteiger partial charge is 0.306 e. The summed E-state index contributed by atoms with van der Waals surface area (Å²) in [4.78, 5) is 38.1. The fourth-order valence-electron chi connectivity index (χ4n) is 9.28. The van der Waals surface area contributed by atoms with Crippen LogP contribution in [-0.4, -0.2) is 70.0 Å². The summed E-state index contributed by atoms with van der Waals surface area (Å²) in [5.74, 6) is -0.894. The highest BCUT2D eigenvalue weighted by Gasteiger charge is 2.22. The van der Waals surface area contributed by atoms with Crippen LogP contribution in [-0.2, 0) is 32.7 Å². The average molecular weight is 1390 g/mol. The van der Waals surface area contributed by atoms with E-state index >= 15 is 0 Å². The third-order valence-electron chi connectivity index (χ3n) is 15.1. The Morgan fingerprint density at radius 2 is 0.540 bits per heavy atom. The summed E-state index contributed by atoms with van der Waals surface area (Å²) in [6.07, 6.45) is 126. The third-order valence-corrected chi connectivity index (χ3v) is 16.0. The second-order valence-electron chi connectivity index (χ2n) is 25.5. The van der Waals surface area contributed by atoms with Crippen molar-refractivity contribution in [3.05, 3.63) is 255 Å². The van der Waals surface area contributed by atoms with E-state index in [-0.39, 0.29) is 26.1 Å². The van der Waals surface area contributed by atoms with Crippen LogP contribution < -0.4 is 4.89 Å². The van der Waals surface area contributed by atoms with Gasteiger partial charge >= 0.3 is 11.9 Å². The van der Waals surface area contributed by atoms with Crippen molar-refractivity contribution in [2.75, 3.05) is 47.5 Å². The van der Waals surface area contributed by atoms with E-state index in [0.717, 1.165) is 205 Å². The molecule has 0 bridgehead atoms. The third kappa shape index (κ3) is 80.5. The molecular formula is C90H138NO8P. The van der Waals surface area contributed by atoms with Gasteiger partial charge in [-0.05, 0) is 173 Å². The highest BCUT2D eigenvalue weighted by Crippen LogP contribution is 2.38. The Bertz CT molecular complexity index is 2650. The van der Waals surface area contributed by atoms with Gasteiger partial charge in [0.2, 0.25) is 0 Å². The molecule has 0 rings (SSSR count). The number of hydrogen-bond acceptors (Lipinski definition) is 8. The number of quaternary nitrogens is 1. The molecule has 0 aliphatic heterocycles. The summed E-state index contributed by atoms with van der Waals surface area (Å²) in [7, 11) is 1.10. The minimum atomic E-state index is -4.68. The van der Waals surface area contributed by atoms with E-state index in [1.54, 1.807) is 0 Å². The number of phosphoric acid groups is 1. The van der Waals surface area contributed by atoms with Gasteiger partial charge in [0.05, 0.1) is 27.7 Å². The van der Waals surface area contributed by atoms with E-state index in [0.29, 0.717) is 23.9 Å². The predicted molar refractivity (Wildman–Crippen MR) is 433 cm³/mol. The second-order valence-corrected chi connectivity index (χ2v) is 27.0. The van der Waals surface area contributed by atoms with E-state index in [4.69, 9.17) is 18.5 Å². The van der Waals surface area contributed by atoms with Crippen molar-refractivity contribution in [1.29, 1.82) is 0 Å². The molecule has 0 spiro atoms. The molecule has 556 valence electrons. The Hall–Kier alpha value is -6.45. The number of carbonyl (C=O) groups is 2. The number of carbonyl (C=O) groups excluding carboxylic acids is 2. The minimum Gasteiger partial charge on any atom is -0.756 e. The Kier molecular flexibility index (Phi) is 71.8. The van der Waals surface area contributed by atoms with Gasteiger partial charge in [-0.15, -0.1) is 0 Å². The summed E-state index contributed by atoms with van der Waals surface area (Å²) in [5.41, 5.74) is 0. The highest BCUT2D eigenvalue weighted by atomic mass is 31.2. The Morgan fingerprint density at radius 1 is 0.310 bits per heavy atom. The summed E-state index contributed by atoms with van der Waals surface area (Å²) in [6.45, 7) is 3.93. The lowest BCUT2D eigenvalue weighted by Crippen LogP contribution is -2.37. The molecule has 0 aliphatic carbocycles. The first-order chi connectivity index (χ1) is 49.0. The van der Waals surface area contributed by atoms with Gasteiger partial charge in [-0.25, -0.2) is 0 Å². The van der Waals surface area contributed by atoms with Gasteiger partial charge in [0, 0.05) is 12.8 Å². The molecule has 0 aromatic heterocycles. The van der Waals surface area contributed by atoms with Crippen LogP contribution in [0.2, 0.25) is 0 Å². The van der Waals surface area contributed by atoms with Gasteiger partial charge in [0.15, 0.2) is 6.10 Å². The summed E-state index contributed by atoms with van der Waals surface area (Å²) < 4.78 is 34.3. The first-order valence-electron chi connectivity index (χ1n) is 38.4. The van der Waals surface area contributed by atoms with Crippen LogP contribution in [0.4, 0.5) is 0 Å². The molecule has 9 nitrogen and oxygen atoms in total. The molecule has 0 fully saturated rings. The Balaban J connectivity index is 4.21. The van der Waals surface area contributed by atoms with Crippen LogP contribution in [0.25, 0.3) is 0 Å². The molecule has 0 aliphatic rings. The van der Waals surface area contributed by atoms with Crippen molar-refractivity contribution < 1.29 is 42.1 Å². The number of rotatable bonds is 67. The van der Waals surface area contributed by atoms with Gasteiger partial charge in [0.25, 0.3) is 7.82 Å². The minimum absolute atomic E-state index is 0.0522. The van der Waals surface area contributed by atoms with E-state index in [9.17, 15) is 19.0 Å². The van der Waals surface area contributed by atoms with E-state index < -0.39 is 32.5 Å². The van der Waals surface area contributed by atoms with Crippen molar-refractivity contribution >= 4 is 19.8 Å². The number of esters is 2. The molecule has 10 heteroatoms. The van der Waals surface area contributed by atoms with Crippen LogP contribution in [0.15, 0.2) is 255 Å².